The number of anilines is 2. The van der Waals surface area contributed by atoms with Gasteiger partial charge in [-0.1, -0.05) is 48.5 Å². The summed E-state index contributed by atoms with van der Waals surface area (Å²) in [5.41, 5.74) is 5.05. The second kappa shape index (κ2) is 7.75. The number of para-hydroxylation sites is 1. The molecule has 1 heterocycles. The zero-order chi connectivity index (χ0) is 20.4. The maximum absolute atomic E-state index is 12.4. The molecular weight excluding hydrogens is 358 g/mol. The number of nitrogens with zero attached hydrogens (tertiary/aromatic N) is 1. The Morgan fingerprint density at radius 1 is 0.897 bits per heavy atom. The van der Waals surface area contributed by atoms with Crippen LogP contribution >= 0.6 is 0 Å². The first-order valence-electron chi connectivity index (χ1n) is 10.2. The summed E-state index contributed by atoms with van der Waals surface area (Å²) in [5.74, 6) is -0.289. The number of aryl methyl sites for hydroxylation is 1. The Labute approximate surface area is 172 Å². The summed E-state index contributed by atoms with van der Waals surface area (Å²) in [6, 6.07) is 27.3. The monoisotopic (exact) mass is 385 g/mol. The molecule has 0 saturated carbocycles. The summed E-state index contributed by atoms with van der Waals surface area (Å²) in [7, 11) is 0. The van der Waals surface area contributed by atoms with Crippen LogP contribution in [0.1, 0.15) is 54.7 Å². The van der Waals surface area contributed by atoms with Gasteiger partial charge in [0, 0.05) is 11.4 Å². The molecule has 0 saturated heterocycles. The number of rotatable bonds is 3. The molecule has 1 aliphatic rings. The minimum Gasteiger partial charge on any atom is -0.456 e. The van der Waals surface area contributed by atoms with E-state index in [-0.39, 0.29) is 12.0 Å². The molecule has 0 aromatic heterocycles. The summed E-state index contributed by atoms with van der Waals surface area (Å²) >= 11 is 0. The smallest absolute Gasteiger partial charge is 0.338 e. The molecule has 1 unspecified atom stereocenters. The molecule has 148 valence electrons. The fraction of sp³-hybridized carbons (Fsp3) is 0.269. The molecule has 0 fully saturated rings. The predicted molar refractivity (Wildman–Crippen MR) is 118 cm³/mol. The SMILES string of the molecule is CC(C)(C)OC(=O)c1ccc(N2c3ccccc3CCC2c2ccccc2)cc1. The maximum Gasteiger partial charge on any atom is 0.338 e. The molecular formula is C26H27NO2. The number of hydrogen-bond acceptors (Lipinski definition) is 3. The van der Waals surface area contributed by atoms with Crippen LogP contribution in [0.4, 0.5) is 11.4 Å². The molecule has 29 heavy (non-hydrogen) atoms. The summed E-state index contributed by atoms with van der Waals surface area (Å²) in [6.07, 6.45) is 2.11. The highest BCUT2D eigenvalue weighted by Crippen LogP contribution is 2.43. The van der Waals surface area contributed by atoms with Crippen molar-refractivity contribution in [1.82, 2.24) is 0 Å². The second-order valence-electron chi connectivity index (χ2n) is 8.51. The number of carbonyl (C=O) groups is 1. The summed E-state index contributed by atoms with van der Waals surface area (Å²) in [4.78, 5) is 14.8. The van der Waals surface area contributed by atoms with Crippen LogP contribution in [0.5, 0.6) is 0 Å². The summed E-state index contributed by atoms with van der Waals surface area (Å²) < 4.78 is 5.50. The van der Waals surface area contributed by atoms with E-state index in [1.54, 1.807) is 0 Å². The molecule has 3 aromatic rings. The Kier molecular flexibility index (Phi) is 5.14. The Balaban J connectivity index is 1.71. The number of benzene rings is 3. The molecule has 3 heteroatoms. The van der Waals surface area contributed by atoms with Crippen LogP contribution < -0.4 is 4.90 Å². The van der Waals surface area contributed by atoms with Gasteiger partial charge in [0.1, 0.15) is 5.60 Å². The van der Waals surface area contributed by atoms with E-state index in [0.717, 1.165) is 18.5 Å². The minimum atomic E-state index is -0.500. The third kappa shape index (κ3) is 4.19. The van der Waals surface area contributed by atoms with Gasteiger partial charge in [0.05, 0.1) is 11.6 Å². The van der Waals surface area contributed by atoms with Crippen molar-refractivity contribution in [2.45, 2.75) is 45.3 Å². The highest BCUT2D eigenvalue weighted by Gasteiger charge is 2.28. The lowest BCUT2D eigenvalue weighted by atomic mass is 9.90. The number of hydrogen-bond donors (Lipinski definition) is 0. The van der Waals surface area contributed by atoms with Gasteiger partial charge < -0.3 is 9.64 Å². The van der Waals surface area contributed by atoms with Crippen molar-refractivity contribution in [3.8, 4) is 0 Å². The lowest BCUT2D eigenvalue weighted by molar-refractivity contribution is 0.00695. The van der Waals surface area contributed by atoms with Crippen molar-refractivity contribution in [2.24, 2.45) is 0 Å². The Hall–Kier alpha value is -3.07. The van der Waals surface area contributed by atoms with Crippen molar-refractivity contribution in [2.75, 3.05) is 4.90 Å². The average molecular weight is 386 g/mol. The molecule has 1 aliphatic heterocycles. The van der Waals surface area contributed by atoms with Gasteiger partial charge in [-0.15, -0.1) is 0 Å². The third-order valence-electron chi connectivity index (χ3n) is 5.21. The lowest BCUT2D eigenvalue weighted by Gasteiger charge is -2.39. The molecule has 0 amide bonds. The Bertz CT molecular complexity index is 987. The average Bonchev–Trinajstić information content (AvgIpc) is 2.72. The lowest BCUT2D eigenvalue weighted by Crippen LogP contribution is -2.29. The van der Waals surface area contributed by atoms with Gasteiger partial charge in [-0.3, -0.25) is 0 Å². The molecule has 0 radical (unpaired) electrons. The third-order valence-corrected chi connectivity index (χ3v) is 5.21. The van der Waals surface area contributed by atoms with E-state index in [2.05, 4.69) is 59.5 Å². The van der Waals surface area contributed by atoms with Gasteiger partial charge in [-0.25, -0.2) is 4.79 Å². The van der Waals surface area contributed by atoms with E-state index in [9.17, 15) is 4.79 Å². The predicted octanol–water partition coefficient (Wildman–Crippen LogP) is 6.47. The quantitative estimate of drug-likeness (QED) is 0.484. The maximum atomic E-state index is 12.4. The van der Waals surface area contributed by atoms with Gasteiger partial charge in [-0.05, 0) is 75.1 Å². The summed E-state index contributed by atoms with van der Waals surface area (Å²) in [5, 5.41) is 0. The second-order valence-corrected chi connectivity index (χ2v) is 8.51. The Morgan fingerprint density at radius 3 is 2.24 bits per heavy atom. The number of fused-ring (bicyclic) bond motifs is 1. The fourth-order valence-corrected chi connectivity index (χ4v) is 3.95. The minimum absolute atomic E-state index is 0.262. The molecule has 0 bridgehead atoms. The van der Waals surface area contributed by atoms with Gasteiger partial charge in [0.25, 0.3) is 0 Å². The van der Waals surface area contributed by atoms with Gasteiger partial charge in [-0.2, -0.15) is 0 Å². The first kappa shape index (κ1) is 19.3. The van der Waals surface area contributed by atoms with E-state index < -0.39 is 5.60 Å². The van der Waals surface area contributed by atoms with Crippen LogP contribution in [0, 0.1) is 0 Å². The topological polar surface area (TPSA) is 29.5 Å². The van der Waals surface area contributed by atoms with Crippen molar-refractivity contribution in [3.05, 3.63) is 95.6 Å². The molecule has 0 spiro atoms. The van der Waals surface area contributed by atoms with Crippen LogP contribution in [0.15, 0.2) is 78.9 Å². The van der Waals surface area contributed by atoms with Gasteiger partial charge in [0.2, 0.25) is 0 Å². The number of ether oxygens (including phenoxy) is 1. The van der Waals surface area contributed by atoms with Crippen molar-refractivity contribution < 1.29 is 9.53 Å². The molecule has 0 aliphatic carbocycles. The van der Waals surface area contributed by atoms with Crippen LogP contribution in [-0.4, -0.2) is 11.6 Å². The van der Waals surface area contributed by atoms with Crippen molar-refractivity contribution >= 4 is 17.3 Å². The fourth-order valence-electron chi connectivity index (χ4n) is 3.95. The zero-order valence-electron chi connectivity index (χ0n) is 17.3. The van der Waals surface area contributed by atoms with Gasteiger partial charge >= 0.3 is 5.97 Å². The molecule has 1 atom stereocenters. The highest BCUT2D eigenvalue weighted by molar-refractivity contribution is 5.90. The van der Waals surface area contributed by atoms with E-state index in [0.29, 0.717) is 5.56 Å². The van der Waals surface area contributed by atoms with Crippen LogP contribution in [0.25, 0.3) is 0 Å². The first-order chi connectivity index (χ1) is 13.9. The normalized spacial score (nSPS) is 16.2. The van der Waals surface area contributed by atoms with E-state index in [4.69, 9.17) is 4.74 Å². The largest absolute Gasteiger partial charge is 0.456 e. The molecule has 3 aromatic carbocycles. The van der Waals surface area contributed by atoms with Crippen LogP contribution in [0.3, 0.4) is 0 Å². The van der Waals surface area contributed by atoms with Crippen LogP contribution in [-0.2, 0) is 11.2 Å². The number of esters is 1. The molecule has 3 nitrogen and oxygen atoms in total. The molecule has 0 N–H and O–H groups in total. The van der Waals surface area contributed by atoms with Crippen molar-refractivity contribution in [3.63, 3.8) is 0 Å². The van der Waals surface area contributed by atoms with E-state index >= 15 is 0 Å². The standard InChI is InChI=1S/C26H27NO2/c1-26(2,3)29-25(28)21-13-16-22(17-14-21)27-23-12-8-7-11-20(23)15-18-24(27)19-9-5-4-6-10-19/h4-14,16-17,24H,15,18H2,1-3H3. The number of carbonyl (C=O) groups excluding carboxylic acids is 1. The Morgan fingerprint density at radius 2 is 1.55 bits per heavy atom. The summed E-state index contributed by atoms with van der Waals surface area (Å²) in [6.45, 7) is 5.65. The van der Waals surface area contributed by atoms with Crippen molar-refractivity contribution in [1.29, 1.82) is 0 Å². The van der Waals surface area contributed by atoms with Crippen LogP contribution in [0.2, 0.25) is 0 Å². The highest BCUT2D eigenvalue weighted by atomic mass is 16.6. The van der Waals surface area contributed by atoms with Gasteiger partial charge in [0.15, 0.2) is 0 Å². The first-order valence-corrected chi connectivity index (χ1v) is 10.2. The van der Waals surface area contributed by atoms with E-state index in [1.807, 2.05) is 45.0 Å². The zero-order valence-corrected chi connectivity index (χ0v) is 17.3. The van der Waals surface area contributed by atoms with E-state index in [1.165, 1.54) is 16.8 Å². The molecule has 4 rings (SSSR count).